The highest BCUT2D eigenvalue weighted by Gasteiger charge is 2.18. The number of hydrogen-bond donors (Lipinski definition) is 0. The minimum atomic E-state index is -0.617. The predicted octanol–water partition coefficient (Wildman–Crippen LogP) is 3.74. The van der Waals surface area contributed by atoms with Crippen molar-refractivity contribution >= 4 is 33.5 Å². The summed E-state index contributed by atoms with van der Waals surface area (Å²) in [5.41, 5.74) is 2.33. The molecule has 0 aliphatic rings. The van der Waals surface area contributed by atoms with Crippen LogP contribution in [0.3, 0.4) is 0 Å². The molecule has 0 atom stereocenters. The van der Waals surface area contributed by atoms with Gasteiger partial charge in [0.15, 0.2) is 18.1 Å². The summed E-state index contributed by atoms with van der Waals surface area (Å²) in [6.45, 7) is 2.38. The SMILES string of the molecule is CCOc1c(Br)cc(C(=O)OCC(=O)N(C)Cc2ccc(N(C)C)cc2)cc1OC. The number of likely N-dealkylation sites (N-methyl/N-ethyl adjacent to an activating group) is 1. The van der Waals surface area contributed by atoms with Crippen molar-refractivity contribution in [2.45, 2.75) is 13.5 Å². The third kappa shape index (κ3) is 6.13. The van der Waals surface area contributed by atoms with Gasteiger partial charge in [0.25, 0.3) is 5.91 Å². The van der Waals surface area contributed by atoms with Gasteiger partial charge in [0.1, 0.15) is 0 Å². The number of rotatable bonds is 9. The Morgan fingerprint density at radius 2 is 1.73 bits per heavy atom. The Bertz CT molecular complexity index is 884. The molecular formula is C22H27BrN2O5. The molecule has 0 radical (unpaired) electrons. The number of carbonyl (C=O) groups is 2. The fourth-order valence-corrected chi connectivity index (χ4v) is 3.26. The molecule has 2 aromatic carbocycles. The molecule has 0 aromatic heterocycles. The molecule has 0 heterocycles. The van der Waals surface area contributed by atoms with E-state index in [2.05, 4.69) is 15.9 Å². The number of carbonyl (C=O) groups excluding carboxylic acids is 2. The Morgan fingerprint density at radius 1 is 1.07 bits per heavy atom. The lowest BCUT2D eigenvalue weighted by Crippen LogP contribution is -2.30. The van der Waals surface area contributed by atoms with E-state index in [-0.39, 0.29) is 18.1 Å². The number of anilines is 1. The molecule has 0 spiro atoms. The maximum atomic E-state index is 12.4. The van der Waals surface area contributed by atoms with Gasteiger partial charge in [-0.15, -0.1) is 0 Å². The second-order valence-corrected chi connectivity index (χ2v) is 7.66. The Labute approximate surface area is 185 Å². The van der Waals surface area contributed by atoms with E-state index in [9.17, 15) is 9.59 Å². The van der Waals surface area contributed by atoms with E-state index in [0.717, 1.165) is 11.3 Å². The first-order valence-corrected chi connectivity index (χ1v) is 10.2. The van der Waals surface area contributed by atoms with Crippen LogP contribution in [0, 0.1) is 0 Å². The Balaban J connectivity index is 1.96. The molecular weight excluding hydrogens is 452 g/mol. The van der Waals surface area contributed by atoms with Crippen molar-refractivity contribution in [1.29, 1.82) is 0 Å². The molecule has 1 amide bonds. The Kier molecular flexibility index (Phi) is 8.53. The van der Waals surface area contributed by atoms with E-state index < -0.39 is 5.97 Å². The van der Waals surface area contributed by atoms with E-state index >= 15 is 0 Å². The minimum Gasteiger partial charge on any atom is -0.493 e. The van der Waals surface area contributed by atoms with Crippen LogP contribution in [0.15, 0.2) is 40.9 Å². The summed E-state index contributed by atoms with van der Waals surface area (Å²) in [7, 11) is 7.10. The van der Waals surface area contributed by atoms with Gasteiger partial charge in [-0.2, -0.15) is 0 Å². The molecule has 7 nitrogen and oxygen atoms in total. The van der Waals surface area contributed by atoms with Crippen LogP contribution in [0.4, 0.5) is 5.69 Å². The molecule has 30 heavy (non-hydrogen) atoms. The standard InChI is InChI=1S/C22H27BrN2O5/c1-6-29-21-18(23)11-16(12-19(21)28-5)22(27)30-14-20(26)25(4)13-15-7-9-17(10-8-15)24(2)3/h7-12H,6,13-14H2,1-5H3. The molecule has 0 N–H and O–H groups in total. The third-order valence-corrected chi connectivity index (χ3v) is 4.97. The van der Waals surface area contributed by atoms with Gasteiger partial charge in [-0.25, -0.2) is 4.79 Å². The van der Waals surface area contributed by atoms with Crippen LogP contribution in [0.1, 0.15) is 22.8 Å². The summed E-state index contributed by atoms with van der Waals surface area (Å²) >= 11 is 3.37. The second kappa shape index (κ2) is 10.9. The zero-order valence-corrected chi connectivity index (χ0v) is 19.5. The molecule has 0 saturated carbocycles. The van der Waals surface area contributed by atoms with Crippen molar-refractivity contribution < 1.29 is 23.8 Å². The number of halogens is 1. The van der Waals surface area contributed by atoms with Crippen LogP contribution in [0.5, 0.6) is 11.5 Å². The summed E-state index contributed by atoms with van der Waals surface area (Å²) in [5.74, 6) is 0.00146. The highest BCUT2D eigenvalue weighted by molar-refractivity contribution is 9.10. The quantitative estimate of drug-likeness (QED) is 0.511. The topological polar surface area (TPSA) is 68.3 Å². The van der Waals surface area contributed by atoms with Crippen molar-refractivity contribution in [3.05, 3.63) is 52.0 Å². The first kappa shape index (κ1) is 23.5. The van der Waals surface area contributed by atoms with Crippen molar-refractivity contribution in [1.82, 2.24) is 4.90 Å². The Hall–Kier alpha value is -2.74. The van der Waals surface area contributed by atoms with E-state index in [1.54, 1.807) is 13.1 Å². The Morgan fingerprint density at radius 3 is 2.30 bits per heavy atom. The number of esters is 1. The predicted molar refractivity (Wildman–Crippen MR) is 119 cm³/mol. The van der Waals surface area contributed by atoms with Gasteiger partial charge in [0, 0.05) is 33.4 Å². The van der Waals surface area contributed by atoms with E-state index in [4.69, 9.17) is 14.2 Å². The van der Waals surface area contributed by atoms with Crippen LogP contribution in [-0.4, -0.2) is 58.2 Å². The monoisotopic (exact) mass is 478 g/mol. The number of benzene rings is 2. The molecule has 2 aromatic rings. The van der Waals surface area contributed by atoms with Gasteiger partial charge >= 0.3 is 5.97 Å². The van der Waals surface area contributed by atoms with E-state index in [1.807, 2.05) is 50.2 Å². The van der Waals surface area contributed by atoms with Crippen LogP contribution in [-0.2, 0) is 16.1 Å². The van der Waals surface area contributed by atoms with E-state index in [1.165, 1.54) is 18.1 Å². The number of hydrogen-bond acceptors (Lipinski definition) is 6. The van der Waals surface area contributed by atoms with Crippen molar-refractivity contribution in [2.75, 3.05) is 46.4 Å². The molecule has 8 heteroatoms. The second-order valence-electron chi connectivity index (χ2n) is 6.81. The zero-order chi connectivity index (χ0) is 22.3. The fraction of sp³-hybridized carbons (Fsp3) is 0.364. The third-order valence-electron chi connectivity index (χ3n) is 4.38. The smallest absolute Gasteiger partial charge is 0.338 e. The van der Waals surface area contributed by atoms with Crippen LogP contribution >= 0.6 is 15.9 Å². The summed E-state index contributed by atoms with van der Waals surface area (Å²) in [6.07, 6.45) is 0. The number of amides is 1. The van der Waals surface area contributed by atoms with Gasteiger partial charge in [0.2, 0.25) is 0 Å². The number of methoxy groups -OCH3 is 1. The average molecular weight is 479 g/mol. The summed E-state index contributed by atoms with van der Waals surface area (Å²) < 4.78 is 16.6. The molecule has 0 fully saturated rings. The lowest BCUT2D eigenvalue weighted by Gasteiger charge is -2.18. The van der Waals surface area contributed by atoms with Gasteiger partial charge in [-0.05, 0) is 52.7 Å². The average Bonchev–Trinajstić information content (AvgIpc) is 2.73. The van der Waals surface area contributed by atoms with Gasteiger partial charge < -0.3 is 24.0 Å². The fourth-order valence-electron chi connectivity index (χ4n) is 2.70. The first-order valence-electron chi connectivity index (χ1n) is 9.44. The molecule has 0 aliphatic carbocycles. The van der Waals surface area contributed by atoms with Crippen molar-refractivity contribution in [3.63, 3.8) is 0 Å². The van der Waals surface area contributed by atoms with Gasteiger partial charge in [0.05, 0.1) is 23.8 Å². The molecule has 0 saturated heterocycles. The van der Waals surface area contributed by atoms with E-state index in [0.29, 0.717) is 29.1 Å². The maximum absolute atomic E-state index is 12.4. The lowest BCUT2D eigenvalue weighted by atomic mass is 10.2. The van der Waals surface area contributed by atoms with Crippen LogP contribution in [0.2, 0.25) is 0 Å². The van der Waals surface area contributed by atoms with Crippen LogP contribution in [0.25, 0.3) is 0 Å². The van der Waals surface area contributed by atoms with Gasteiger partial charge in [-0.3, -0.25) is 4.79 Å². The highest BCUT2D eigenvalue weighted by atomic mass is 79.9. The minimum absolute atomic E-state index is 0.261. The lowest BCUT2D eigenvalue weighted by molar-refractivity contribution is -0.133. The molecule has 0 unspecified atom stereocenters. The molecule has 2 rings (SSSR count). The largest absolute Gasteiger partial charge is 0.493 e. The maximum Gasteiger partial charge on any atom is 0.338 e. The summed E-state index contributed by atoms with van der Waals surface area (Å²) in [6, 6.07) is 11.0. The number of ether oxygens (including phenoxy) is 3. The molecule has 0 aliphatic heterocycles. The normalized spacial score (nSPS) is 10.3. The highest BCUT2D eigenvalue weighted by Crippen LogP contribution is 2.36. The zero-order valence-electron chi connectivity index (χ0n) is 17.9. The molecule has 0 bridgehead atoms. The van der Waals surface area contributed by atoms with Crippen molar-refractivity contribution in [2.24, 2.45) is 0 Å². The molecule has 162 valence electrons. The summed E-state index contributed by atoms with van der Waals surface area (Å²) in [5, 5.41) is 0. The van der Waals surface area contributed by atoms with Gasteiger partial charge in [-0.1, -0.05) is 12.1 Å². The number of nitrogens with zero attached hydrogens (tertiary/aromatic N) is 2. The van der Waals surface area contributed by atoms with Crippen LogP contribution < -0.4 is 14.4 Å². The first-order chi connectivity index (χ1) is 14.3. The van der Waals surface area contributed by atoms with Crippen molar-refractivity contribution in [3.8, 4) is 11.5 Å². The summed E-state index contributed by atoms with van der Waals surface area (Å²) in [4.78, 5) is 28.3.